The zero-order valence-corrected chi connectivity index (χ0v) is 9.48. The van der Waals surface area contributed by atoms with E-state index in [1.54, 1.807) is 0 Å². The standard InChI is InChI=1S/C11H16F3NO2/c12-11(13,14)10(3-4-15-7-10)9(16)8-2-1-5-17-6-8/h8,15H,1-7H2. The van der Waals surface area contributed by atoms with Gasteiger partial charge < -0.3 is 10.1 Å². The normalized spacial score (nSPS) is 34.9. The third-order valence-electron chi connectivity index (χ3n) is 3.70. The predicted molar refractivity (Wildman–Crippen MR) is 54.5 cm³/mol. The number of nitrogens with one attached hydrogen (secondary N) is 1. The van der Waals surface area contributed by atoms with Crippen LogP contribution in [-0.2, 0) is 9.53 Å². The Kier molecular flexibility index (Phi) is 3.45. The highest BCUT2D eigenvalue weighted by molar-refractivity contribution is 5.88. The number of carbonyl (C=O) groups excluding carboxylic acids is 1. The van der Waals surface area contributed by atoms with Gasteiger partial charge in [-0.05, 0) is 25.8 Å². The van der Waals surface area contributed by atoms with Crippen molar-refractivity contribution in [1.82, 2.24) is 5.32 Å². The Labute approximate surface area is 97.7 Å². The third kappa shape index (κ3) is 2.20. The minimum Gasteiger partial charge on any atom is -0.381 e. The van der Waals surface area contributed by atoms with E-state index in [2.05, 4.69) is 5.32 Å². The highest BCUT2D eigenvalue weighted by Crippen LogP contribution is 2.46. The highest BCUT2D eigenvalue weighted by atomic mass is 19.4. The number of ether oxygens (including phenoxy) is 1. The van der Waals surface area contributed by atoms with Crippen LogP contribution < -0.4 is 5.32 Å². The van der Waals surface area contributed by atoms with E-state index in [4.69, 9.17) is 4.74 Å². The van der Waals surface area contributed by atoms with Crippen molar-refractivity contribution in [3.63, 3.8) is 0 Å². The second-order valence-corrected chi connectivity index (χ2v) is 4.78. The Morgan fingerprint density at radius 3 is 2.65 bits per heavy atom. The lowest BCUT2D eigenvalue weighted by atomic mass is 9.75. The monoisotopic (exact) mass is 251 g/mol. The number of hydrogen-bond donors (Lipinski definition) is 1. The number of carbonyl (C=O) groups is 1. The van der Waals surface area contributed by atoms with Crippen molar-refractivity contribution in [3.8, 4) is 0 Å². The summed E-state index contributed by atoms with van der Waals surface area (Å²) in [6.07, 6.45) is -3.44. The Bertz CT molecular complexity index is 292. The topological polar surface area (TPSA) is 38.3 Å². The molecule has 0 radical (unpaired) electrons. The Balaban J connectivity index is 2.18. The minimum absolute atomic E-state index is 0.136. The van der Waals surface area contributed by atoms with Crippen LogP contribution in [0.1, 0.15) is 19.3 Å². The van der Waals surface area contributed by atoms with Crippen LogP contribution in [0.15, 0.2) is 0 Å². The summed E-state index contributed by atoms with van der Waals surface area (Å²) in [6.45, 7) is 0.641. The molecule has 0 aliphatic carbocycles. The summed E-state index contributed by atoms with van der Waals surface area (Å²) in [4.78, 5) is 12.1. The molecule has 2 unspecified atom stereocenters. The van der Waals surface area contributed by atoms with Crippen molar-refractivity contribution in [2.24, 2.45) is 11.3 Å². The average Bonchev–Trinajstić information content (AvgIpc) is 2.79. The van der Waals surface area contributed by atoms with Crippen molar-refractivity contribution in [3.05, 3.63) is 0 Å². The lowest BCUT2D eigenvalue weighted by molar-refractivity contribution is -0.218. The fourth-order valence-corrected chi connectivity index (χ4v) is 2.62. The van der Waals surface area contributed by atoms with Gasteiger partial charge in [-0.2, -0.15) is 13.2 Å². The second kappa shape index (κ2) is 4.57. The lowest BCUT2D eigenvalue weighted by Crippen LogP contribution is -2.50. The van der Waals surface area contributed by atoms with Gasteiger partial charge in [0.2, 0.25) is 0 Å². The largest absolute Gasteiger partial charge is 0.402 e. The van der Waals surface area contributed by atoms with E-state index in [1.165, 1.54) is 0 Å². The molecule has 0 aromatic rings. The van der Waals surface area contributed by atoms with Gasteiger partial charge in [-0.25, -0.2) is 0 Å². The van der Waals surface area contributed by atoms with Crippen LogP contribution in [-0.4, -0.2) is 38.3 Å². The number of hydrogen-bond acceptors (Lipinski definition) is 3. The SMILES string of the molecule is O=C(C1CCCOC1)C1(C(F)(F)F)CCNC1. The first kappa shape index (κ1) is 12.8. The number of Topliss-reactive ketones (excluding diaryl/α,β-unsaturated/α-hetero) is 1. The van der Waals surface area contributed by atoms with E-state index in [1.807, 2.05) is 0 Å². The number of rotatable bonds is 2. The van der Waals surface area contributed by atoms with E-state index in [9.17, 15) is 18.0 Å². The van der Waals surface area contributed by atoms with Gasteiger partial charge in [-0.3, -0.25) is 4.79 Å². The van der Waals surface area contributed by atoms with Crippen molar-refractivity contribution in [2.45, 2.75) is 25.4 Å². The molecule has 3 nitrogen and oxygen atoms in total. The molecule has 0 saturated carbocycles. The van der Waals surface area contributed by atoms with E-state index in [0.717, 1.165) is 0 Å². The van der Waals surface area contributed by atoms with Gasteiger partial charge in [0.05, 0.1) is 6.61 Å². The average molecular weight is 251 g/mol. The fraction of sp³-hybridized carbons (Fsp3) is 0.909. The van der Waals surface area contributed by atoms with Gasteiger partial charge >= 0.3 is 6.18 Å². The molecular formula is C11H16F3NO2. The molecule has 2 atom stereocenters. The van der Waals surface area contributed by atoms with Crippen LogP contribution in [0.25, 0.3) is 0 Å². The molecule has 2 heterocycles. The maximum Gasteiger partial charge on any atom is 0.402 e. The highest BCUT2D eigenvalue weighted by Gasteiger charge is 2.62. The second-order valence-electron chi connectivity index (χ2n) is 4.78. The van der Waals surface area contributed by atoms with Crippen LogP contribution in [0, 0.1) is 11.3 Å². The third-order valence-corrected chi connectivity index (χ3v) is 3.70. The summed E-state index contributed by atoms with van der Waals surface area (Å²) in [5, 5.41) is 2.66. The Morgan fingerprint density at radius 1 is 1.41 bits per heavy atom. The molecule has 6 heteroatoms. The summed E-state index contributed by atoms with van der Waals surface area (Å²) in [7, 11) is 0. The van der Waals surface area contributed by atoms with Crippen molar-refractivity contribution in [1.29, 1.82) is 0 Å². The van der Waals surface area contributed by atoms with Gasteiger partial charge in [0.15, 0.2) is 5.78 Å². The first-order valence-electron chi connectivity index (χ1n) is 5.87. The molecular weight excluding hydrogens is 235 g/mol. The number of alkyl halides is 3. The van der Waals surface area contributed by atoms with Gasteiger partial charge in [-0.15, -0.1) is 0 Å². The maximum atomic E-state index is 13.1. The van der Waals surface area contributed by atoms with Gasteiger partial charge in [0, 0.05) is 19.1 Å². The van der Waals surface area contributed by atoms with Crippen LogP contribution >= 0.6 is 0 Å². The van der Waals surface area contributed by atoms with E-state index in [0.29, 0.717) is 19.4 Å². The van der Waals surface area contributed by atoms with Gasteiger partial charge in [0.25, 0.3) is 0 Å². The predicted octanol–water partition coefficient (Wildman–Crippen LogP) is 1.52. The van der Waals surface area contributed by atoms with Gasteiger partial charge in [0.1, 0.15) is 5.41 Å². The van der Waals surface area contributed by atoms with E-state index < -0.39 is 23.3 Å². The Hall–Kier alpha value is -0.620. The molecule has 2 aliphatic heterocycles. The summed E-state index contributed by atoms with van der Waals surface area (Å²) in [5.41, 5.74) is -2.18. The van der Waals surface area contributed by atoms with Crippen LogP contribution in [0.3, 0.4) is 0 Å². The molecule has 98 valence electrons. The lowest BCUT2D eigenvalue weighted by Gasteiger charge is -2.34. The number of halogens is 3. The molecule has 1 N–H and O–H groups in total. The van der Waals surface area contributed by atoms with Crippen LogP contribution in [0.4, 0.5) is 13.2 Å². The first-order chi connectivity index (χ1) is 7.97. The summed E-state index contributed by atoms with van der Waals surface area (Å²) in [5.74, 6) is -1.28. The van der Waals surface area contributed by atoms with Crippen molar-refractivity contribution in [2.75, 3.05) is 26.3 Å². The minimum atomic E-state index is -4.47. The molecule has 0 amide bonds. The summed E-state index contributed by atoms with van der Waals surface area (Å²) in [6, 6.07) is 0. The molecule has 2 saturated heterocycles. The smallest absolute Gasteiger partial charge is 0.381 e. The molecule has 0 bridgehead atoms. The molecule has 2 aliphatic rings. The number of ketones is 1. The van der Waals surface area contributed by atoms with Crippen LogP contribution in [0.2, 0.25) is 0 Å². The zero-order valence-electron chi connectivity index (χ0n) is 9.48. The van der Waals surface area contributed by atoms with E-state index >= 15 is 0 Å². The summed E-state index contributed by atoms with van der Waals surface area (Å²) >= 11 is 0. The zero-order chi connectivity index (χ0) is 12.5. The fourth-order valence-electron chi connectivity index (χ4n) is 2.62. The molecule has 2 rings (SSSR count). The molecule has 0 aromatic heterocycles. The molecule has 0 aromatic carbocycles. The molecule has 0 spiro atoms. The first-order valence-corrected chi connectivity index (χ1v) is 5.87. The van der Waals surface area contributed by atoms with Gasteiger partial charge in [-0.1, -0.05) is 0 Å². The van der Waals surface area contributed by atoms with Crippen LogP contribution in [0.5, 0.6) is 0 Å². The summed E-state index contributed by atoms with van der Waals surface area (Å²) < 4.78 is 44.5. The molecule has 2 fully saturated rings. The van der Waals surface area contributed by atoms with E-state index in [-0.39, 0.29) is 26.1 Å². The quantitative estimate of drug-likeness (QED) is 0.808. The van der Waals surface area contributed by atoms with Crippen molar-refractivity contribution < 1.29 is 22.7 Å². The van der Waals surface area contributed by atoms with Crippen molar-refractivity contribution >= 4 is 5.78 Å². The maximum absolute atomic E-state index is 13.1. The Morgan fingerprint density at radius 2 is 2.18 bits per heavy atom. The molecule has 17 heavy (non-hydrogen) atoms.